The van der Waals surface area contributed by atoms with Gasteiger partial charge in [0.05, 0.1) is 0 Å². The Kier molecular flexibility index (Phi) is 3.81. The van der Waals surface area contributed by atoms with E-state index in [9.17, 15) is 14.9 Å². The minimum atomic E-state index is -0.597. The molecule has 0 unspecified atom stereocenters. The molecule has 0 bridgehead atoms. The molecule has 0 aromatic heterocycles. The summed E-state index contributed by atoms with van der Waals surface area (Å²) in [6.45, 7) is 0. The molecule has 0 N–H and O–H groups in total. The first-order valence-electron chi connectivity index (χ1n) is 3.59. The average Bonchev–Trinajstić information content (AvgIpc) is 2.18. The minimum absolute atomic E-state index is 0.0176. The third-order valence-electron chi connectivity index (χ3n) is 1.40. The van der Waals surface area contributed by atoms with Crippen LogP contribution in [0.2, 0.25) is 0 Å². The van der Waals surface area contributed by atoms with Gasteiger partial charge in [0.2, 0.25) is 0 Å². The second kappa shape index (κ2) is 4.89. The SMILES string of the molecule is C[I-]C(=O)Oc1ccc([N+](=O)[O-])cc1. The Labute approximate surface area is 90.5 Å². The maximum absolute atomic E-state index is 10.9. The van der Waals surface area contributed by atoms with Crippen molar-refractivity contribution in [2.45, 2.75) is 0 Å². The van der Waals surface area contributed by atoms with Crippen molar-refractivity contribution in [3.63, 3.8) is 0 Å². The van der Waals surface area contributed by atoms with Gasteiger partial charge in [0.1, 0.15) is 0 Å². The molecule has 1 aromatic carbocycles. The second-order valence-electron chi connectivity index (χ2n) is 2.28. The molecule has 6 heteroatoms. The van der Waals surface area contributed by atoms with E-state index >= 15 is 0 Å². The molecule has 14 heavy (non-hydrogen) atoms. The number of nitrogens with zero attached hydrogens (tertiary/aromatic N) is 1. The molecule has 0 aliphatic heterocycles. The predicted octanol–water partition coefficient (Wildman–Crippen LogP) is -1.19. The monoisotopic (exact) mass is 308 g/mol. The number of halogens is 1. The van der Waals surface area contributed by atoms with Crippen molar-refractivity contribution in [1.29, 1.82) is 0 Å². The van der Waals surface area contributed by atoms with E-state index in [1.165, 1.54) is 24.3 Å². The van der Waals surface area contributed by atoms with Gasteiger partial charge in [-0.15, -0.1) is 0 Å². The van der Waals surface area contributed by atoms with Crippen molar-refractivity contribution < 1.29 is 35.7 Å². The van der Waals surface area contributed by atoms with Crippen molar-refractivity contribution in [3.8, 4) is 5.75 Å². The van der Waals surface area contributed by atoms with E-state index in [2.05, 4.69) is 0 Å². The summed E-state index contributed by atoms with van der Waals surface area (Å²) in [7, 11) is 0. The molecule has 0 radical (unpaired) electrons. The van der Waals surface area contributed by atoms with E-state index in [1.807, 2.05) is 0 Å². The van der Waals surface area contributed by atoms with Crippen LogP contribution in [-0.4, -0.2) is 13.8 Å². The van der Waals surface area contributed by atoms with Crippen LogP contribution in [0, 0.1) is 10.1 Å². The molecule has 0 saturated heterocycles. The van der Waals surface area contributed by atoms with Crippen LogP contribution in [0.1, 0.15) is 0 Å². The molecule has 0 amide bonds. The van der Waals surface area contributed by atoms with Crippen molar-refractivity contribution in [1.82, 2.24) is 0 Å². The molecule has 0 atom stereocenters. The quantitative estimate of drug-likeness (QED) is 0.232. The van der Waals surface area contributed by atoms with Crippen LogP contribution in [0.25, 0.3) is 0 Å². The molecule has 5 nitrogen and oxygen atoms in total. The zero-order valence-electron chi connectivity index (χ0n) is 7.27. The van der Waals surface area contributed by atoms with Gasteiger partial charge in [0, 0.05) is 0 Å². The number of hydrogen-bond donors (Lipinski definition) is 0. The topological polar surface area (TPSA) is 69.4 Å². The number of non-ortho nitro benzene ring substituents is 1. The Morgan fingerprint density at radius 3 is 2.43 bits per heavy atom. The number of ether oxygens (including phenoxy) is 1. The summed E-state index contributed by atoms with van der Waals surface area (Å²) in [5.41, 5.74) is -0.0176. The first kappa shape index (κ1) is 10.9. The zero-order chi connectivity index (χ0) is 10.6. The van der Waals surface area contributed by atoms with Gasteiger partial charge in [-0.3, -0.25) is 0 Å². The molecule has 0 aliphatic carbocycles. The van der Waals surface area contributed by atoms with Gasteiger partial charge < -0.3 is 0 Å². The summed E-state index contributed by atoms with van der Waals surface area (Å²) >= 11 is -0.597. The van der Waals surface area contributed by atoms with Crippen molar-refractivity contribution in [3.05, 3.63) is 34.4 Å². The molecular formula is C8H7INO4-. The number of hydrogen-bond acceptors (Lipinski definition) is 4. The van der Waals surface area contributed by atoms with Crippen LogP contribution >= 0.6 is 0 Å². The first-order valence-corrected chi connectivity index (χ1v) is 6.83. The van der Waals surface area contributed by atoms with Gasteiger partial charge in [-0.25, -0.2) is 0 Å². The van der Waals surface area contributed by atoms with Gasteiger partial charge in [-0.2, -0.15) is 0 Å². The normalized spacial score (nSPS) is 9.79. The fourth-order valence-electron chi connectivity index (χ4n) is 0.767. The van der Waals surface area contributed by atoms with Crippen LogP contribution in [0.5, 0.6) is 5.75 Å². The van der Waals surface area contributed by atoms with Crippen LogP contribution < -0.4 is 25.9 Å². The molecule has 0 heterocycles. The van der Waals surface area contributed by atoms with E-state index in [4.69, 9.17) is 4.74 Å². The average molecular weight is 308 g/mol. The molecule has 1 aromatic rings. The number of carbonyl (C=O) groups is 1. The summed E-state index contributed by atoms with van der Waals surface area (Å²) in [6.07, 6.45) is 0. The van der Waals surface area contributed by atoms with E-state index < -0.39 is 26.1 Å². The van der Waals surface area contributed by atoms with Crippen LogP contribution in [0.15, 0.2) is 24.3 Å². The van der Waals surface area contributed by atoms with Gasteiger partial charge in [0.15, 0.2) is 0 Å². The summed E-state index contributed by atoms with van der Waals surface area (Å²) in [6, 6.07) is 5.43. The maximum atomic E-state index is 10.9. The molecular weight excluding hydrogens is 301 g/mol. The van der Waals surface area contributed by atoms with Crippen LogP contribution in [0.3, 0.4) is 0 Å². The number of nitro benzene ring substituents is 1. The number of benzene rings is 1. The molecule has 76 valence electrons. The summed E-state index contributed by atoms with van der Waals surface area (Å²) in [4.78, 5) is 22.5. The summed E-state index contributed by atoms with van der Waals surface area (Å²) in [5.74, 6) is 0.349. The van der Waals surface area contributed by atoms with Gasteiger partial charge >= 0.3 is 90.4 Å². The van der Waals surface area contributed by atoms with E-state index in [1.54, 1.807) is 4.93 Å². The Morgan fingerprint density at radius 1 is 1.43 bits per heavy atom. The fraction of sp³-hybridized carbons (Fsp3) is 0.125. The number of rotatable bonds is 3. The Hall–Kier alpha value is -1.18. The Morgan fingerprint density at radius 2 is 2.00 bits per heavy atom. The van der Waals surface area contributed by atoms with Crippen LogP contribution in [0.4, 0.5) is 10.5 Å². The second-order valence-corrected chi connectivity index (χ2v) is 4.24. The number of nitro groups is 1. The first-order chi connectivity index (χ1) is 6.63. The molecule has 0 fully saturated rings. The Bertz CT molecular complexity index is 349. The zero-order valence-corrected chi connectivity index (χ0v) is 9.43. The third-order valence-corrected chi connectivity index (χ3v) is 2.50. The fourth-order valence-corrected chi connectivity index (χ4v) is 1.24. The van der Waals surface area contributed by atoms with E-state index in [-0.39, 0.29) is 9.66 Å². The van der Waals surface area contributed by atoms with Crippen molar-refractivity contribution >= 4 is 9.66 Å². The standard InChI is InChI=1S/C8H7INO4/c1-9-8(11)14-7-4-2-6(3-5-7)10(12)13/h2-5H,1H3/q-1. The molecule has 0 saturated carbocycles. The van der Waals surface area contributed by atoms with E-state index in [0.717, 1.165) is 0 Å². The van der Waals surface area contributed by atoms with Crippen molar-refractivity contribution in [2.24, 2.45) is 0 Å². The predicted molar refractivity (Wildman–Crippen MR) is 45.0 cm³/mol. The van der Waals surface area contributed by atoms with Crippen molar-refractivity contribution in [2.75, 3.05) is 4.93 Å². The van der Waals surface area contributed by atoms with Gasteiger partial charge in [-0.05, 0) is 0 Å². The summed E-state index contributed by atoms with van der Waals surface area (Å²) < 4.78 is 4.63. The molecule has 1 rings (SSSR count). The third kappa shape index (κ3) is 2.95. The Balaban J connectivity index is 2.73. The van der Waals surface area contributed by atoms with Gasteiger partial charge in [0.25, 0.3) is 0 Å². The number of carbonyl (C=O) groups excluding carboxylic acids is 1. The summed E-state index contributed by atoms with van der Waals surface area (Å²) in [5, 5.41) is 10.3. The number of alkyl halides is 1. The molecule has 0 spiro atoms. The van der Waals surface area contributed by atoms with E-state index in [0.29, 0.717) is 5.75 Å². The van der Waals surface area contributed by atoms with Crippen LogP contribution in [-0.2, 0) is 0 Å². The molecule has 0 aliphatic rings. The van der Waals surface area contributed by atoms with Gasteiger partial charge in [-0.1, -0.05) is 0 Å².